The van der Waals surface area contributed by atoms with E-state index >= 15 is 0 Å². The third-order valence-electron chi connectivity index (χ3n) is 4.52. The first-order valence-corrected chi connectivity index (χ1v) is 9.96. The van der Waals surface area contributed by atoms with Crippen molar-refractivity contribution in [1.29, 1.82) is 0 Å². The van der Waals surface area contributed by atoms with Crippen molar-refractivity contribution in [2.24, 2.45) is 0 Å². The molecule has 2 saturated heterocycles. The highest BCUT2D eigenvalue weighted by Gasteiger charge is 2.74. The highest BCUT2D eigenvalue weighted by molar-refractivity contribution is 9.09. The molecule has 4 atom stereocenters. The highest BCUT2D eigenvalue weighted by atomic mass is 79.9. The van der Waals surface area contributed by atoms with E-state index in [0.717, 1.165) is 0 Å². The van der Waals surface area contributed by atoms with Gasteiger partial charge >= 0.3 is 5.97 Å². The number of nitrogens with zero attached hydrogens (tertiary/aromatic N) is 1. The maximum Gasteiger partial charge on any atom is 0.334 e. The Morgan fingerprint density at radius 3 is 2.48 bits per heavy atom. The van der Waals surface area contributed by atoms with Crippen molar-refractivity contribution < 1.29 is 19.1 Å². The summed E-state index contributed by atoms with van der Waals surface area (Å²) in [7, 11) is 2.78. The summed E-state index contributed by atoms with van der Waals surface area (Å²) in [5.74, 6) is -0.716. The van der Waals surface area contributed by atoms with Crippen LogP contribution in [0, 0.1) is 0 Å². The molecule has 2 fully saturated rings. The van der Waals surface area contributed by atoms with Crippen molar-refractivity contribution in [1.82, 2.24) is 4.90 Å². The van der Waals surface area contributed by atoms with E-state index in [4.69, 9.17) is 44.3 Å². The standard InChI is InChI=1S/C13H17BrCl3NO4S/c1-11(4-5-13(15,16)17)12(6-14,10(20)22-3)18-8(19)7(21-2)9(18)23-11/h7,9H,4-6H2,1-3H3/t7-,9+,11+,12-/m0/s1. The number of amides is 1. The van der Waals surface area contributed by atoms with E-state index in [1.807, 2.05) is 6.92 Å². The number of carbonyl (C=O) groups excluding carboxylic acids is 2. The highest BCUT2D eigenvalue weighted by Crippen LogP contribution is 2.60. The maximum absolute atomic E-state index is 12.6. The van der Waals surface area contributed by atoms with E-state index < -0.39 is 26.2 Å². The number of β-lactam (4-membered cyclic amide) rings is 1. The second-order valence-electron chi connectivity index (χ2n) is 5.70. The minimum Gasteiger partial charge on any atom is -0.467 e. The zero-order valence-corrected chi connectivity index (χ0v) is 17.4. The molecule has 0 bridgehead atoms. The quantitative estimate of drug-likeness (QED) is 0.352. The normalized spacial score (nSPS) is 36.7. The SMILES string of the molecule is COC(=O)[C@]1(CBr)N2C(=O)[C@H](OC)[C@H]2S[C@]1(C)CCC(Cl)(Cl)Cl. The van der Waals surface area contributed by atoms with Crippen LogP contribution in [0.2, 0.25) is 0 Å². The monoisotopic (exact) mass is 467 g/mol. The van der Waals surface area contributed by atoms with Crippen LogP contribution >= 0.6 is 62.5 Å². The van der Waals surface area contributed by atoms with Gasteiger partial charge < -0.3 is 14.4 Å². The number of alkyl halides is 4. The van der Waals surface area contributed by atoms with Crippen LogP contribution in [0.25, 0.3) is 0 Å². The van der Waals surface area contributed by atoms with Gasteiger partial charge in [-0.2, -0.15) is 0 Å². The lowest BCUT2D eigenvalue weighted by Crippen LogP contribution is -2.74. The molecule has 0 N–H and O–H groups in total. The Hall–Kier alpha value is 0.600. The average Bonchev–Trinajstić information content (AvgIpc) is 2.71. The molecule has 0 spiro atoms. The Labute approximate surface area is 162 Å². The molecule has 2 aliphatic heterocycles. The molecular weight excluding hydrogens is 452 g/mol. The molecule has 2 aliphatic rings. The lowest BCUT2D eigenvalue weighted by atomic mass is 9.79. The van der Waals surface area contributed by atoms with Crippen LogP contribution in [0.3, 0.4) is 0 Å². The Balaban J connectivity index is 2.43. The smallest absolute Gasteiger partial charge is 0.334 e. The van der Waals surface area contributed by atoms with Gasteiger partial charge in [0.2, 0.25) is 0 Å². The second kappa shape index (κ2) is 6.72. The van der Waals surface area contributed by atoms with Crippen LogP contribution in [0.4, 0.5) is 0 Å². The molecule has 0 aromatic rings. The molecular formula is C13H17BrCl3NO4S. The molecule has 0 aromatic carbocycles. The van der Waals surface area contributed by atoms with Crippen LogP contribution in [0.1, 0.15) is 19.8 Å². The van der Waals surface area contributed by atoms with Gasteiger partial charge in [0.15, 0.2) is 15.4 Å². The summed E-state index contributed by atoms with van der Waals surface area (Å²) < 4.78 is 8.14. The van der Waals surface area contributed by atoms with E-state index in [9.17, 15) is 9.59 Å². The maximum atomic E-state index is 12.6. The van der Waals surface area contributed by atoms with Crippen LogP contribution < -0.4 is 0 Å². The van der Waals surface area contributed by atoms with Crippen molar-refractivity contribution in [3.8, 4) is 0 Å². The molecule has 0 radical (unpaired) electrons. The van der Waals surface area contributed by atoms with Gasteiger partial charge in [0, 0.05) is 12.4 Å². The lowest BCUT2D eigenvalue weighted by molar-refractivity contribution is -0.182. The number of hydrogen-bond donors (Lipinski definition) is 0. The number of halogens is 4. The minimum absolute atomic E-state index is 0.229. The van der Waals surface area contributed by atoms with Gasteiger partial charge in [-0.15, -0.1) is 11.8 Å². The van der Waals surface area contributed by atoms with E-state index in [0.29, 0.717) is 6.42 Å². The molecule has 1 amide bonds. The summed E-state index contributed by atoms with van der Waals surface area (Å²) in [4.78, 5) is 26.6. The Morgan fingerprint density at radius 1 is 1.43 bits per heavy atom. The number of methoxy groups -OCH3 is 2. The van der Waals surface area contributed by atoms with Crippen LogP contribution in [0.5, 0.6) is 0 Å². The molecule has 10 heteroatoms. The third-order valence-corrected chi connectivity index (χ3v) is 7.66. The summed E-state index contributed by atoms with van der Waals surface area (Å²) in [5, 5.41) is -0.0288. The summed E-state index contributed by atoms with van der Waals surface area (Å²) >= 11 is 22.5. The zero-order chi connectivity index (χ0) is 17.6. The first kappa shape index (κ1) is 19.9. The summed E-state index contributed by atoms with van der Waals surface area (Å²) in [6.07, 6.45) is 0.0999. The molecule has 5 nitrogen and oxygen atoms in total. The number of thioether (sulfide) groups is 1. The number of hydrogen-bond acceptors (Lipinski definition) is 5. The van der Waals surface area contributed by atoms with Gasteiger partial charge in [-0.1, -0.05) is 50.7 Å². The van der Waals surface area contributed by atoms with Crippen LogP contribution in [-0.2, 0) is 19.1 Å². The van der Waals surface area contributed by atoms with E-state index in [-0.39, 0.29) is 23.0 Å². The van der Waals surface area contributed by atoms with Crippen molar-refractivity contribution in [2.45, 2.75) is 45.3 Å². The average molecular weight is 470 g/mol. The molecule has 132 valence electrons. The third kappa shape index (κ3) is 2.99. The van der Waals surface area contributed by atoms with Crippen molar-refractivity contribution >= 4 is 74.4 Å². The van der Waals surface area contributed by atoms with Gasteiger partial charge in [-0.25, -0.2) is 4.79 Å². The van der Waals surface area contributed by atoms with E-state index in [2.05, 4.69) is 15.9 Å². The fraction of sp³-hybridized carbons (Fsp3) is 0.846. The molecule has 0 unspecified atom stereocenters. The van der Waals surface area contributed by atoms with E-state index in [1.165, 1.54) is 26.0 Å². The van der Waals surface area contributed by atoms with E-state index in [1.54, 1.807) is 4.90 Å². The van der Waals surface area contributed by atoms with Crippen molar-refractivity contribution in [2.75, 3.05) is 19.5 Å². The number of ether oxygens (including phenoxy) is 2. The first-order valence-electron chi connectivity index (χ1n) is 6.83. The predicted octanol–water partition coefficient (Wildman–Crippen LogP) is 3.13. The number of fused-ring (bicyclic) bond motifs is 1. The first-order chi connectivity index (χ1) is 10.6. The molecule has 23 heavy (non-hydrogen) atoms. The van der Waals surface area contributed by atoms with Crippen LogP contribution in [-0.4, -0.2) is 61.9 Å². The number of carbonyl (C=O) groups is 2. The Morgan fingerprint density at radius 2 is 2.04 bits per heavy atom. The second-order valence-corrected chi connectivity index (χ2v) is 10.4. The van der Waals surface area contributed by atoms with Crippen molar-refractivity contribution in [3.63, 3.8) is 0 Å². The van der Waals surface area contributed by atoms with Gasteiger partial charge in [0.25, 0.3) is 5.91 Å². The largest absolute Gasteiger partial charge is 0.467 e. The number of esters is 1. The Bertz CT molecular complexity index is 520. The number of rotatable bonds is 5. The minimum atomic E-state index is -1.43. The molecule has 2 rings (SSSR count). The lowest BCUT2D eigenvalue weighted by Gasteiger charge is -2.49. The fourth-order valence-corrected chi connectivity index (χ4v) is 6.71. The summed E-state index contributed by atoms with van der Waals surface area (Å²) in [6.45, 7) is 1.89. The summed E-state index contributed by atoms with van der Waals surface area (Å²) in [5.41, 5.74) is -1.17. The van der Waals surface area contributed by atoms with Gasteiger partial charge in [-0.05, 0) is 19.8 Å². The van der Waals surface area contributed by atoms with Gasteiger partial charge in [-0.3, -0.25) is 4.79 Å². The van der Waals surface area contributed by atoms with Gasteiger partial charge in [0.1, 0.15) is 5.37 Å². The molecule has 2 heterocycles. The fourth-order valence-electron chi connectivity index (χ4n) is 3.18. The zero-order valence-electron chi connectivity index (χ0n) is 12.8. The summed E-state index contributed by atoms with van der Waals surface area (Å²) in [6, 6.07) is 0. The van der Waals surface area contributed by atoms with Crippen molar-refractivity contribution in [3.05, 3.63) is 0 Å². The predicted molar refractivity (Wildman–Crippen MR) is 95.5 cm³/mol. The van der Waals surface area contributed by atoms with Crippen LogP contribution in [0.15, 0.2) is 0 Å². The van der Waals surface area contributed by atoms with Gasteiger partial charge in [0.05, 0.1) is 11.9 Å². The molecule has 0 aromatic heterocycles. The topological polar surface area (TPSA) is 55.8 Å². The molecule has 0 saturated carbocycles. The Kier molecular flexibility index (Phi) is 5.82. The molecule has 0 aliphatic carbocycles.